The molecule has 0 aromatic carbocycles. The molecule has 1 aromatic rings. The third kappa shape index (κ3) is 6.22. The maximum atomic E-state index is 5.45. The molecule has 0 fully saturated rings. The summed E-state index contributed by atoms with van der Waals surface area (Å²) in [5.74, 6) is 0.609. The molecule has 1 rings (SSSR count). The molecular weight excluding hydrogens is 214 g/mol. The smallest absolute Gasteiger partial charge is 0.233 e. The summed E-state index contributed by atoms with van der Waals surface area (Å²) < 4.78 is 5.45. The van der Waals surface area contributed by atoms with Gasteiger partial charge >= 0.3 is 0 Å². The van der Waals surface area contributed by atoms with Crippen LogP contribution < -0.4 is 10.1 Å². The molecule has 1 N–H and O–H groups in total. The van der Waals surface area contributed by atoms with Crippen LogP contribution in [0.1, 0.15) is 46.2 Å². The number of unbranched alkanes of at least 4 members (excludes halogenated alkanes) is 1. The Morgan fingerprint density at radius 2 is 2.00 bits per heavy atom. The third-order valence-electron chi connectivity index (χ3n) is 2.24. The van der Waals surface area contributed by atoms with Gasteiger partial charge in [0.15, 0.2) is 0 Å². The van der Waals surface area contributed by atoms with E-state index in [9.17, 15) is 0 Å². The van der Waals surface area contributed by atoms with E-state index < -0.39 is 0 Å². The summed E-state index contributed by atoms with van der Waals surface area (Å²) in [6.07, 6.45) is 2.18. The van der Waals surface area contributed by atoms with Gasteiger partial charge in [-0.15, -0.1) is 5.10 Å². The number of ether oxygens (including phenoxy) is 1. The molecule has 0 amide bonds. The van der Waals surface area contributed by atoms with Crippen LogP contribution in [0.15, 0.2) is 12.1 Å². The van der Waals surface area contributed by atoms with Crippen LogP contribution in [0.5, 0.6) is 5.88 Å². The fourth-order valence-corrected chi connectivity index (χ4v) is 1.20. The molecule has 0 unspecified atom stereocenters. The number of nitrogens with one attached hydrogen (secondary N) is 1. The van der Waals surface area contributed by atoms with Crippen molar-refractivity contribution in [2.24, 2.45) is 0 Å². The minimum absolute atomic E-state index is 0.0952. The molecule has 1 aromatic heterocycles. The predicted molar refractivity (Wildman–Crippen MR) is 69.0 cm³/mol. The Bertz CT molecular complexity index is 316. The highest BCUT2D eigenvalue weighted by molar-refractivity contribution is 5.11. The van der Waals surface area contributed by atoms with E-state index in [1.807, 2.05) is 12.1 Å². The molecule has 1 heterocycles. The van der Waals surface area contributed by atoms with Crippen LogP contribution in [0.2, 0.25) is 0 Å². The van der Waals surface area contributed by atoms with Crippen LogP contribution in [0.4, 0.5) is 0 Å². The molecule has 0 saturated heterocycles. The van der Waals surface area contributed by atoms with Crippen LogP contribution in [-0.4, -0.2) is 22.3 Å². The van der Waals surface area contributed by atoms with E-state index in [2.05, 4.69) is 43.2 Å². The maximum absolute atomic E-state index is 5.45. The van der Waals surface area contributed by atoms with Crippen molar-refractivity contribution < 1.29 is 4.74 Å². The lowest BCUT2D eigenvalue weighted by Gasteiger charge is -2.19. The van der Waals surface area contributed by atoms with Gasteiger partial charge in [-0.2, -0.15) is 5.10 Å². The highest BCUT2D eigenvalue weighted by Gasteiger charge is 2.09. The zero-order valence-corrected chi connectivity index (χ0v) is 11.3. The SMILES string of the molecule is CCCCOc1ccc(CNC(C)(C)C)nn1. The Morgan fingerprint density at radius 1 is 1.24 bits per heavy atom. The van der Waals surface area contributed by atoms with Crippen LogP contribution in [-0.2, 0) is 6.54 Å². The van der Waals surface area contributed by atoms with Crippen molar-refractivity contribution in [2.75, 3.05) is 6.61 Å². The molecule has 0 atom stereocenters. The van der Waals surface area contributed by atoms with Gasteiger partial charge in [0.2, 0.25) is 5.88 Å². The molecular formula is C13H23N3O. The van der Waals surface area contributed by atoms with E-state index in [4.69, 9.17) is 4.74 Å². The average Bonchev–Trinajstić information content (AvgIpc) is 2.27. The second-order valence-corrected chi connectivity index (χ2v) is 5.17. The third-order valence-corrected chi connectivity index (χ3v) is 2.24. The highest BCUT2D eigenvalue weighted by Crippen LogP contribution is 2.07. The predicted octanol–water partition coefficient (Wildman–Crippen LogP) is 2.54. The highest BCUT2D eigenvalue weighted by atomic mass is 16.5. The molecule has 0 bridgehead atoms. The zero-order valence-electron chi connectivity index (χ0n) is 11.3. The van der Waals surface area contributed by atoms with Crippen molar-refractivity contribution in [3.05, 3.63) is 17.8 Å². The second kappa shape index (κ2) is 6.55. The van der Waals surface area contributed by atoms with Crippen molar-refractivity contribution in [3.8, 4) is 5.88 Å². The minimum atomic E-state index is 0.0952. The van der Waals surface area contributed by atoms with Gasteiger partial charge in [0, 0.05) is 18.2 Å². The number of hydrogen-bond donors (Lipinski definition) is 1. The summed E-state index contributed by atoms with van der Waals surface area (Å²) in [4.78, 5) is 0. The van der Waals surface area contributed by atoms with Crippen molar-refractivity contribution in [1.29, 1.82) is 0 Å². The van der Waals surface area contributed by atoms with Gasteiger partial charge in [-0.1, -0.05) is 13.3 Å². The summed E-state index contributed by atoms with van der Waals surface area (Å²) in [7, 11) is 0. The topological polar surface area (TPSA) is 47.0 Å². The first-order valence-electron chi connectivity index (χ1n) is 6.21. The van der Waals surface area contributed by atoms with Crippen molar-refractivity contribution in [3.63, 3.8) is 0 Å². The van der Waals surface area contributed by atoms with Crippen LogP contribution in [0.3, 0.4) is 0 Å². The first kappa shape index (κ1) is 13.9. The van der Waals surface area contributed by atoms with Gasteiger partial charge in [-0.25, -0.2) is 0 Å². The standard InChI is InChI=1S/C13H23N3O/c1-5-6-9-17-12-8-7-11(15-16-12)10-14-13(2,3)4/h7-8,14H,5-6,9-10H2,1-4H3. The molecule has 4 heteroatoms. The Labute approximate surface area is 104 Å². The average molecular weight is 237 g/mol. The molecule has 0 spiro atoms. The quantitative estimate of drug-likeness (QED) is 0.772. The first-order valence-corrected chi connectivity index (χ1v) is 6.21. The number of nitrogens with zero attached hydrogens (tertiary/aromatic N) is 2. The Kier molecular flexibility index (Phi) is 5.35. The second-order valence-electron chi connectivity index (χ2n) is 5.17. The van der Waals surface area contributed by atoms with Crippen molar-refractivity contribution in [2.45, 2.75) is 52.6 Å². The van der Waals surface area contributed by atoms with Gasteiger partial charge in [-0.05, 0) is 33.3 Å². The van der Waals surface area contributed by atoms with E-state index in [1.165, 1.54) is 0 Å². The van der Waals surface area contributed by atoms with Crippen molar-refractivity contribution in [1.82, 2.24) is 15.5 Å². The van der Waals surface area contributed by atoms with Crippen LogP contribution in [0, 0.1) is 0 Å². The van der Waals surface area contributed by atoms with Gasteiger partial charge in [0.1, 0.15) is 0 Å². The summed E-state index contributed by atoms with van der Waals surface area (Å²) >= 11 is 0. The lowest BCUT2D eigenvalue weighted by atomic mass is 10.1. The number of hydrogen-bond acceptors (Lipinski definition) is 4. The lowest BCUT2D eigenvalue weighted by molar-refractivity contribution is 0.293. The minimum Gasteiger partial charge on any atom is -0.477 e. The van der Waals surface area contributed by atoms with Gasteiger partial charge in [0.25, 0.3) is 0 Å². The Hall–Kier alpha value is -1.16. The van der Waals surface area contributed by atoms with Gasteiger partial charge < -0.3 is 10.1 Å². The van der Waals surface area contributed by atoms with Gasteiger partial charge in [-0.3, -0.25) is 0 Å². The van der Waals surface area contributed by atoms with Crippen molar-refractivity contribution >= 4 is 0 Å². The van der Waals surface area contributed by atoms with E-state index in [1.54, 1.807) is 0 Å². The van der Waals surface area contributed by atoms with E-state index in [0.717, 1.165) is 25.1 Å². The molecule has 0 aliphatic heterocycles. The fraction of sp³-hybridized carbons (Fsp3) is 0.692. The van der Waals surface area contributed by atoms with E-state index >= 15 is 0 Å². The zero-order chi connectivity index (χ0) is 12.7. The summed E-state index contributed by atoms with van der Waals surface area (Å²) in [5, 5.41) is 11.5. The number of aromatic nitrogens is 2. The molecule has 4 nitrogen and oxygen atoms in total. The van der Waals surface area contributed by atoms with E-state index in [0.29, 0.717) is 12.5 Å². The van der Waals surface area contributed by atoms with E-state index in [-0.39, 0.29) is 5.54 Å². The monoisotopic (exact) mass is 237 g/mol. The maximum Gasteiger partial charge on any atom is 0.233 e. The van der Waals surface area contributed by atoms with Gasteiger partial charge in [0.05, 0.1) is 12.3 Å². The first-order chi connectivity index (χ1) is 8.01. The number of rotatable bonds is 6. The Balaban J connectivity index is 2.39. The van der Waals surface area contributed by atoms with Crippen LogP contribution in [0.25, 0.3) is 0 Å². The summed E-state index contributed by atoms with van der Waals surface area (Å²) in [5.41, 5.74) is 1.03. The Morgan fingerprint density at radius 3 is 2.53 bits per heavy atom. The molecule has 0 aliphatic carbocycles. The molecule has 0 aliphatic rings. The molecule has 17 heavy (non-hydrogen) atoms. The fourth-order valence-electron chi connectivity index (χ4n) is 1.20. The largest absolute Gasteiger partial charge is 0.477 e. The molecule has 96 valence electrons. The summed E-state index contributed by atoms with van der Waals surface area (Å²) in [6.45, 7) is 9.96. The normalized spacial score (nSPS) is 11.5. The molecule has 0 saturated carbocycles. The molecule has 0 radical (unpaired) electrons. The lowest BCUT2D eigenvalue weighted by Crippen LogP contribution is -2.35. The summed E-state index contributed by atoms with van der Waals surface area (Å²) in [6, 6.07) is 3.83. The van der Waals surface area contributed by atoms with Crippen LogP contribution >= 0.6 is 0 Å².